The van der Waals surface area contributed by atoms with E-state index >= 15 is 0 Å². The minimum atomic E-state index is -0.526. The maximum atomic E-state index is 12.4. The van der Waals surface area contributed by atoms with E-state index in [1.807, 2.05) is 40.9 Å². The van der Waals surface area contributed by atoms with Crippen molar-refractivity contribution in [3.8, 4) is 11.3 Å². The van der Waals surface area contributed by atoms with Gasteiger partial charge in [0, 0.05) is 17.7 Å². The van der Waals surface area contributed by atoms with Gasteiger partial charge < -0.3 is 14.9 Å². The highest BCUT2D eigenvalue weighted by molar-refractivity contribution is 5.93. The van der Waals surface area contributed by atoms with Crippen molar-refractivity contribution < 1.29 is 20.0 Å². The molecule has 1 unspecified atom stereocenters. The topological polar surface area (TPSA) is 107 Å². The maximum Gasteiger partial charge on any atom is 0.273 e. The van der Waals surface area contributed by atoms with Crippen molar-refractivity contribution in [3.05, 3.63) is 54.0 Å². The number of hydrogen-bond donors (Lipinski definition) is 4. The molecule has 8 heteroatoms. The Balaban J connectivity index is 1.32. The van der Waals surface area contributed by atoms with Crippen molar-refractivity contribution >= 4 is 5.91 Å². The lowest BCUT2D eigenvalue weighted by Gasteiger charge is -2.40. The van der Waals surface area contributed by atoms with E-state index in [0.717, 1.165) is 24.1 Å². The largest absolute Gasteiger partial charge is 0.387 e. The molecule has 1 aliphatic carbocycles. The smallest absolute Gasteiger partial charge is 0.273 e. The highest BCUT2D eigenvalue weighted by Crippen LogP contribution is 2.27. The van der Waals surface area contributed by atoms with E-state index in [4.69, 9.17) is 4.52 Å². The Morgan fingerprint density at radius 2 is 2.19 bits per heavy atom. The normalized spacial score (nSPS) is 23.0. The van der Waals surface area contributed by atoms with Gasteiger partial charge in [-0.05, 0) is 19.8 Å². The molecule has 0 spiro atoms. The molecule has 1 amide bonds. The van der Waals surface area contributed by atoms with Gasteiger partial charge in [-0.25, -0.2) is 10.4 Å². The van der Waals surface area contributed by atoms with Gasteiger partial charge in [0.2, 0.25) is 0 Å². The first-order valence-electron chi connectivity index (χ1n) is 8.70. The third-order valence-corrected chi connectivity index (χ3v) is 4.81. The molecule has 2 aliphatic rings. The fraction of sp³-hybridized carbons (Fsp3) is 0.333. The van der Waals surface area contributed by atoms with Crippen molar-refractivity contribution in [2.75, 3.05) is 0 Å². The molecule has 2 heterocycles. The van der Waals surface area contributed by atoms with Crippen LogP contribution in [0.25, 0.3) is 11.3 Å². The molecule has 1 saturated carbocycles. The molecule has 1 aliphatic heterocycles. The fourth-order valence-corrected chi connectivity index (χ4v) is 3.32. The molecule has 1 aromatic heterocycles. The van der Waals surface area contributed by atoms with Crippen LogP contribution in [0.1, 0.15) is 30.3 Å². The van der Waals surface area contributed by atoms with Crippen LogP contribution in [0.3, 0.4) is 0 Å². The summed E-state index contributed by atoms with van der Waals surface area (Å²) in [5.74, 6) is 0.348. The second-order valence-corrected chi connectivity index (χ2v) is 6.69. The highest BCUT2D eigenvalue weighted by atomic mass is 16.5. The third-order valence-electron chi connectivity index (χ3n) is 4.81. The number of benzene rings is 1. The average Bonchev–Trinajstić information content (AvgIpc) is 3.27. The van der Waals surface area contributed by atoms with Crippen molar-refractivity contribution in [1.82, 2.24) is 20.9 Å². The minimum Gasteiger partial charge on any atom is -0.387 e. The summed E-state index contributed by atoms with van der Waals surface area (Å²) >= 11 is 0. The van der Waals surface area contributed by atoms with Gasteiger partial charge in [0.05, 0.1) is 18.3 Å². The summed E-state index contributed by atoms with van der Waals surface area (Å²) in [6, 6.07) is 11.6. The second kappa shape index (κ2) is 6.81. The van der Waals surface area contributed by atoms with Gasteiger partial charge in [-0.15, -0.1) is 5.53 Å². The summed E-state index contributed by atoms with van der Waals surface area (Å²) in [7, 11) is 0. The minimum absolute atomic E-state index is 0.0913. The summed E-state index contributed by atoms with van der Waals surface area (Å²) < 4.78 is 5.28. The number of carbonyl (C=O) groups is 1. The van der Waals surface area contributed by atoms with E-state index < -0.39 is 6.10 Å². The van der Waals surface area contributed by atoms with Crippen LogP contribution < -0.4 is 16.3 Å². The lowest BCUT2D eigenvalue weighted by molar-refractivity contribution is -0.832. The first-order chi connectivity index (χ1) is 12.6. The molecule has 8 nitrogen and oxygen atoms in total. The summed E-state index contributed by atoms with van der Waals surface area (Å²) in [5.41, 5.74) is 6.90. The molecule has 26 heavy (non-hydrogen) atoms. The molecule has 1 fully saturated rings. The predicted molar refractivity (Wildman–Crippen MR) is 92.9 cm³/mol. The maximum absolute atomic E-state index is 12.4. The number of carbonyl (C=O) groups excluding carboxylic acids is 1. The Labute approximate surface area is 150 Å². The molecular formula is C18H22N5O3+. The lowest BCUT2D eigenvalue weighted by atomic mass is 9.85. The Morgan fingerprint density at radius 3 is 2.92 bits per heavy atom. The lowest BCUT2D eigenvalue weighted by Crippen LogP contribution is -2.99. The van der Waals surface area contributed by atoms with Crippen LogP contribution in [0.4, 0.5) is 0 Å². The van der Waals surface area contributed by atoms with Crippen LogP contribution in [0.2, 0.25) is 0 Å². The van der Waals surface area contributed by atoms with E-state index in [2.05, 4.69) is 15.9 Å². The number of aromatic nitrogens is 1. The number of amides is 1. The quantitative estimate of drug-likeness (QED) is 0.567. The van der Waals surface area contributed by atoms with Gasteiger partial charge in [0.15, 0.2) is 11.5 Å². The predicted octanol–water partition coefficient (Wildman–Crippen LogP) is 0.123. The summed E-state index contributed by atoms with van der Waals surface area (Å²) in [4.78, 5) is 12.4. The van der Waals surface area contributed by atoms with Crippen LogP contribution >= 0.6 is 0 Å². The Kier molecular flexibility index (Phi) is 4.36. The number of aliphatic hydroxyl groups is 1. The zero-order valence-corrected chi connectivity index (χ0v) is 14.4. The van der Waals surface area contributed by atoms with Gasteiger partial charge in [0.25, 0.3) is 5.91 Å². The van der Waals surface area contributed by atoms with Crippen LogP contribution in [0.5, 0.6) is 0 Å². The van der Waals surface area contributed by atoms with Gasteiger partial charge in [0.1, 0.15) is 5.70 Å². The first kappa shape index (κ1) is 16.6. The number of nitrogens with two attached hydrogens (primary N) is 1. The Morgan fingerprint density at radius 1 is 1.42 bits per heavy atom. The fourth-order valence-electron chi connectivity index (χ4n) is 3.32. The first-order valence-corrected chi connectivity index (χ1v) is 8.70. The molecule has 4 rings (SSSR count). The summed E-state index contributed by atoms with van der Waals surface area (Å²) in [6.45, 7) is 1.74. The van der Waals surface area contributed by atoms with Gasteiger partial charge >= 0.3 is 0 Å². The molecule has 0 radical (unpaired) electrons. The van der Waals surface area contributed by atoms with Crippen LogP contribution in [0, 0.1) is 0 Å². The Bertz CT molecular complexity index is 811. The molecule has 0 bridgehead atoms. The van der Waals surface area contributed by atoms with Gasteiger partial charge in [-0.2, -0.15) is 0 Å². The van der Waals surface area contributed by atoms with E-state index in [1.54, 1.807) is 19.2 Å². The second-order valence-electron chi connectivity index (χ2n) is 6.69. The molecule has 1 atom stereocenters. The number of nitrogens with one attached hydrogen (secondary N) is 2. The standard InChI is InChI=1S/C18H21N5O3/c1-11(24)16-10-19-22-23(16)14-7-13(8-14)20-18(25)15-9-17(26-21-15)12-5-3-2-4-6-12/h2-6,9-11,13-14,19,22,24H,7-8H2,1H3,(H,20,25)/p+1. The van der Waals surface area contributed by atoms with Crippen LogP contribution in [0.15, 0.2) is 52.8 Å². The molecule has 5 N–H and O–H groups in total. The van der Waals surface area contributed by atoms with E-state index in [1.165, 1.54) is 0 Å². The van der Waals surface area contributed by atoms with Crippen molar-refractivity contribution in [2.24, 2.45) is 0 Å². The summed E-state index contributed by atoms with van der Waals surface area (Å²) in [6.07, 6.45) is 2.91. The van der Waals surface area contributed by atoms with Crippen LogP contribution in [-0.2, 0) is 0 Å². The number of rotatable bonds is 5. The van der Waals surface area contributed by atoms with Crippen molar-refractivity contribution in [2.45, 2.75) is 38.0 Å². The number of quaternary nitrogens is 1. The average molecular weight is 356 g/mol. The molecule has 136 valence electrons. The van der Waals surface area contributed by atoms with Crippen molar-refractivity contribution in [1.29, 1.82) is 0 Å². The molecule has 2 aromatic rings. The number of aliphatic hydroxyl groups excluding tert-OH is 1. The SMILES string of the molecule is CC(O)C1=CN[NH2+]N1C1CC(NC(=O)c2cc(-c3ccccc3)on2)C1. The van der Waals surface area contributed by atoms with E-state index in [9.17, 15) is 9.90 Å². The van der Waals surface area contributed by atoms with E-state index in [-0.39, 0.29) is 23.7 Å². The van der Waals surface area contributed by atoms with Crippen molar-refractivity contribution in [3.63, 3.8) is 0 Å². The third kappa shape index (κ3) is 3.16. The molecule has 0 saturated heterocycles. The highest BCUT2D eigenvalue weighted by Gasteiger charge is 2.40. The van der Waals surface area contributed by atoms with Crippen LogP contribution in [-0.4, -0.2) is 39.4 Å². The Hall–Kier alpha value is -2.84. The summed E-state index contributed by atoms with van der Waals surface area (Å²) in [5, 5.41) is 18.7. The zero-order valence-electron chi connectivity index (χ0n) is 14.4. The molecule has 1 aromatic carbocycles. The number of hydrogen-bond acceptors (Lipinski definition) is 6. The zero-order chi connectivity index (χ0) is 18.1. The van der Waals surface area contributed by atoms with Gasteiger partial charge in [-0.3, -0.25) is 4.79 Å². The number of nitrogens with zero attached hydrogens (tertiary/aromatic N) is 2. The molecular weight excluding hydrogens is 334 g/mol. The monoisotopic (exact) mass is 356 g/mol. The van der Waals surface area contributed by atoms with Gasteiger partial charge in [-0.1, -0.05) is 35.5 Å². The van der Waals surface area contributed by atoms with E-state index in [0.29, 0.717) is 5.76 Å².